The van der Waals surface area contributed by atoms with Gasteiger partial charge >= 0.3 is 0 Å². The lowest BCUT2D eigenvalue weighted by Crippen LogP contribution is -2.25. The van der Waals surface area contributed by atoms with E-state index in [1.165, 1.54) is 43.4 Å². The molecule has 2 saturated carbocycles. The molecule has 1 aromatic carbocycles. The first kappa shape index (κ1) is 21.0. The molecule has 0 saturated heterocycles. The Morgan fingerprint density at radius 3 is 2.29 bits per heavy atom. The number of halogens is 2. The summed E-state index contributed by atoms with van der Waals surface area (Å²) in [6.07, 6.45) is 12.6. The van der Waals surface area contributed by atoms with E-state index in [1.807, 2.05) is 12.1 Å². The van der Waals surface area contributed by atoms with Crippen LogP contribution in [0.4, 0.5) is 8.78 Å². The van der Waals surface area contributed by atoms with Crippen molar-refractivity contribution in [3.8, 4) is 6.07 Å². The van der Waals surface area contributed by atoms with Crippen LogP contribution < -0.4 is 0 Å². The molecule has 2 fully saturated rings. The van der Waals surface area contributed by atoms with Gasteiger partial charge in [-0.3, -0.25) is 0 Å². The van der Waals surface area contributed by atoms with E-state index in [1.54, 1.807) is 12.1 Å². The summed E-state index contributed by atoms with van der Waals surface area (Å²) in [6, 6.07) is 8.50. The van der Waals surface area contributed by atoms with Crippen LogP contribution in [-0.4, -0.2) is 12.7 Å². The summed E-state index contributed by atoms with van der Waals surface area (Å²) in [5, 5.41) is 8.43. The molecule has 2 aliphatic rings. The average Bonchev–Trinajstić information content (AvgIpc) is 2.74. The standard InChI is InChI=1S/C24H31F2NO/c25-22-12-8-20(9-13-22)21-10-14-24(15-11-21)28-17-19-6-4-18(5-7-19)2-1-3-23(26)16-27/h3,8-9,12-13,18-19,21,24H,1-2,4-7,10-11,14-15,17H2. The Labute approximate surface area is 167 Å². The molecule has 0 aromatic heterocycles. The van der Waals surface area contributed by atoms with E-state index < -0.39 is 5.83 Å². The molecular weight excluding hydrogens is 356 g/mol. The number of benzene rings is 1. The summed E-state index contributed by atoms with van der Waals surface area (Å²) in [4.78, 5) is 0. The molecule has 0 amide bonds. The van der Waals surface area contributed by atoms with Crippen LogP contribution in [0, 0.1) is 29.0 Å². The van der Waals surface area contributed by atoms with Gasteiger partial charge in [-0.15, -0.1) is 0 Å². The molecule has 0 N–H and O–H groups in total. The van der Waals surface area contributed by atoms with Gasteiger partial charge in [-0.25, -0.2) is 4.39 Å². The Balaban J connectivity index is 1.30. The number of hydrogen-bond acceptors (Lipinski definition) is 2. The molecule has 0 heterocycles. The van der Waals surface area contributed by atoms with Crippen LogP contribution in [0.5, 0.6) is 0 Å². The van der Waals surface area contributed by atoms with E-state index in [-0.39, 0.29) is 5.82 Å². The van der Waals surface area contributed by atoms with Crippen molar-refractivity contribution in [2.45, 2.75) is 76.2 Å². The predicted molar refractivity (Wildman–Crippen MR) is 107 cm³/mol. The van der Waals surface area contributed by atoms with Crippen LogP contribution in [0.3, 0.4) is 0 Å². The normalized spacial score (nSPS) is 28.7. The molecule has 0 atom stereocenters. The zero-order valence-corrected chi connectivity index (χ0v) is 16.6. The molecular formula is C24H31F2NO. The Morgan fingerprint density at radius 2 is 1.64 bits per heavy atom. The summed E-state index contributed by atoms with van der Waals surface area (Å²) in [7, 11) is 0. The lowest BCUT2D eigenvalue weighted by atomic mass is 9.80. The average molecular weight is 388 g/mol. The Kier molecular flexibility index (Phi) is 8.03. The minimum absolute atomic E-state index is 0.165. The van der Waals surface area contributed by atoms with Gasteiger partial charge in [0, 0.05) is 6.61 Å². The van der Waals surface area contributed by atoms with Crippen molar-refractivity contribution in [2.24, 2.45) is 11.8 Å². The molecule has 152 valence electrons. The quantitative estimate of drug-likeness (QED) is 0.480. The van der Waals surface area contributed by atoms with E-state index in [0.717, 1.165) is 38.7 Å². The van der Waals surface area contributed by atoms with Crippen molar-refractivity contribution in [2.75, 3.05) is 6.61 Å². The molecule has 2 nitrogen and oxygen atoms in total. The number of rotatable bonds is 7. The second kappa shape index (κ2) is 10.7. The van der Waals surface area contributed by atoms with Gasteiger partial charge in [0.2, 0.25) is 0 Å². The van der Waals surface area contributed by atoms with Gasteiger partial charge in [0.15, 0.2) is 5.83 Å². The van der Waals surface area contributed by atoms with E-state index in [9.17, 15) is 8.78 Å². The molecule has 3 rings (SSSR count). The van der Waals surface area contributed by atoms with Crippen molar-refractivity contribution in [3.63, 3.8) is 0 Å². The highest BCUT2D eigenvalue weighted by atomic mass is 19.1. The van der Waals surface area contributed by atoms with Crippen LogP contribution in [0.25, 0.3) is 0 Å². The molecule has 0 bridgehead atoms. The largest absolute Gasteiger partial charge is 0.378 e. The fourth-order valence-corrected chi connectivity index (χ4v) is 4.75. The van der Waals surface area contributed by atoms with Crippen molar-refractivity contribution in [3.05, 3.63) is 47.5 Å². The number of nitriles is 1. The second-order valence-corrected chi connectivity index (χ2v) is 8.49. The lowest BCUT2D eigenvalue weighted by Gasteiger charge is -2.32. The zero-order valence-electron chi connectivity index (χ0n) is 16.6. The summed E-state index contributed by atoms with van der Waals surface area (Å²) >= 11 is 0. The van der Waals surface area contributed by atoms with Crippen molar-refractivity contribution < 1.29 is 13.5 Å². The first-order valence-corrected chi connectivity index (χ1v) is 10.8. The zero-order chi connectivity index (χ0) is 19.8. The number of allylic oxidation sites excluding steroid dienone is 2. The fourth-order valence-electron chi connectivity index (χ4n) is 4.75. The van der Waals surface area contributed by atoms with Crippen molar-refractivity contribution in [1.82, 2.24) is 0 Å². The highest BCUT2D eigenvalue weighted by Gasteiger charge is 2.25. The number of ether oxygens (including phenoxy) is 1. The van der Waals surface area contributed by atoms with Crippen LogP contribution >= 0.6 is 0 Å². The smallest absolute Gasteiger partial charge is 0.196 e. The van der Waals surface area contributed by atoms with E-state index >= 15 is 0 Å². The topological polar surface area (TPSA) is 33.0 Å². The van der Waals surface area contributed by atoms with Crippen LogP contribution in [-0.2, 0) is 4.74 Å². The van der Waals surface area contributed by atoms with Crippen LogP contribution in [0.2, 0.25) is 0 Å². The predicted octanol–water partition coefficient (Wildman–Crippen LogP) is 6.83. The SMILES string of the molecule is N#CC(F)=CCCC1CCC(COC2CCC(c3ccc(F)cc3)CC2)CC1. The Bertz CT molecular complexity index is 663. The van der Waals surface area contributed by atoms with E-state index in [2.05, 4.69) is 0 Å². The van der Waals surface area contributed by atoms with Crippen LogP contribution in [0.1, 0.15) is 75.7 Å². The first-order valence-electron chi connectivity index (χ1n) is 10.8. The summed E-state index contributed by atoms with van der Waals surface area (Å²) < 4.78 is 32.1. The van der Waals surface area contributed by atoms with Gasteiger partial charge in [-0.05, 0) is 92.9 Å². The van der Waals surface area contributed by atoms with Gasteiger partial charge in [0.1, 0.15) is 11.9 Å². The van der Waals surface area contributed by atoms with Crippen LogP contribution in [0.15, 0.2) is 36.2 Å². The van der Waals surface area contributed by atoms with Gasteiger partial charge in [-0.2, -0.15) is 9.65 Å². The number of nitrogens with zero attached hydrogens (tertiary/aromatic N) is 1. The second-order valence-electron chi connectivity index (χ2n) is 8.49. The third-order valence-corrected chi connectivity index (χ3v) is 6.55. The van der Waals surface area contributed by atoms with E-state index in [4.69, 9.17) is 10.00 Å². The molecule has 0 radical (unpaired) electrons. The maximum Gasteiger partial charge on any atom is 0.196 e. The first-order chi connectivity index (χ1) is 13.6. The maximum absolute atomic E-state index is 13.1. The minimum atomic E-state index is -0.656. The van der Waals surface area contributed by atoms with E-state index in [0.29, 0.717) is 30.3 Å². The summed E-state index contributed by atoms with van der Waals surface area (Å²) in [5.41, 5.74) is 1.25. The maximum atomic E-state index is 13.1. The van der Waals surface area contributed by atoms with Crippen molar-refractivity contribution in [1.29, 1.82) is 5.26 Å². The highest BCUT2D eigenvalue weighted by Crippen LogP contribution is 2.36. The third-order valence-electron chi connectivity index (χ3n) is 6.55. The monoisotopic (exact) mass is 387 g/mol. The fraction of sp³-hybridized carbons (Fsp3) is 0.625. The van der Waals surface area contributed by atoms with Gasteiger partial charge in [0.05, 0.1) is 6.10 Å². The van der Waals surface area contributed by atoms with Gasteiger partial charge < -0.3 is 4.74 Å². The molecule has 0 unspecified atom stereocenters. The molecule has 4 heteroatoms. The molecule has 0 spiro atoms. The molecule has 2 aliphatic carbocycles. The lowest BCUT2D eigenvalue weighted by molar-refractivity contribution is -0.00475. The van der Waals surface area contributed by atoms with Gasteiger partial charge in [-0.1, -0.05) is 25.0 Å². The molecule has 28 heavy (non-hydrogen) atoms. The highest BCUT2D eigenvalue weighted by molar-refractivity contribution is 5.21. The number of hydrogen-bond donors (Lipinski definition) is 0. The van der Waals surface area contributed by atoms with Gasteiger partial charge in [0.25, 0.3) is 0 Å². The molecule has 0 aliphatic heterocycles. The summed E-state index contributed by atoms with van der Waals surface area (Å²) in [6.45, 7) is 0.863. The molecule has 1 aromatic rings. The van der Waals surface area contributed by atoms with Crippen molar-refractivity contribution >= 4 is 0 Å². The Morgan fingerprint density at radius 1 is 1.00 bits per heavy atom. The minimum Gasteiger partial charge on any atom is -0.378 e. The third kappa shape index (κ3) is 6.41. The Hall–Kier alpha value is -1.73. The summed E-state index contributed by atoms with van der Waals surface area (Å²) in [5.74, 6) is 1.02.